The Morgan fingerprint density at radius 2 is 1.80 bits per heavy atom. The minimum atomic E-state index is -0.317. The zero-order valence-corrected chi connectivity index (χ0v) is 21.4. The molecule has 0 radical (unpaired) electrons. The predicted molar refractivity (Wildman–Crippen MR) is 139 cm³/mol. The number of piperidine rings is 1. The standard InChI is InChI=1S/C29H39N3O3/c1-4-5-20-32-27(33)17-16-24(28(32)23-13-7-9-15-26(23)35-3)29(34)30(2)21-22-12-6-8-14-25(22)31-18-10-11-19-31/h6-9,12-15,24,28H,4-5,10-11,16-21H2,1-3H3. The number of likely N-dealkylation sites (tertiary alicyclic amines) is 1. The van der Waals surface area contributed by atoms with Crippen LogP contribution < -0.4 is 9.64 Å². The van der Waals surface area contributed by atoms with Crippen molar-refractivity contribution >= 4 is 17.5 Å². The fourth-order valence-electron chi connectivity index (χ4n) is 5.63. The molecule has 2 aliphatic rings. The van der Waals surface area contributed by atoms with E-state index in [1.807, 2.05) is 41.1 Å². The highest BCUT2D eigenvalue weighted by Crippen LogP contribution is 2.41. The van der Waals surface area contributed by atoms with Crippen LogP contribution >= 0.6 is 0 Å². The van der Waals surface area contributed by atoms with Crippen molar-refractivity contribution in [2.75, 3.05) is 38.7 Å². The van der Waals surface area contributed by atoms with Gasteiger partial charge in [0.2, 0.25) is 11.8 Å². The number of rotatable bonds is 9. The quantitative estimate of drug-likeness (QED) is 0.508. The van der Waals surface area contributed by atoms with E-state index < -0.39 is 0 Å². The molecular weight excluding hydrogens is 438 g/mol. The summed E-state index contributed by atoms with van der Waals surface area (Å²) in [6.07, 6.45) is 5.30. The van der Waals surface area contributed by atoms with Crippen molar-refractivity contribution in [3.05, 3.63) is 59.7 Å². The summed E-state index contributed by atoms with van der Waals surface area (Å²) in [6, 6.07) is 15.9. The van der Waals surface area contributed by atoms with E-state index in [4.69, 9.17) is 4.74 Å². The summed E-state index contributed by atoms with van der Waals surface area (Å²) in [7, 11) is 3.55. The molecule has 0 aliphatic carbocycles. The molecule has 2 heterocycles. The molecule has 35 heavy (non-hydrogen) atoms. The molecule has 6 nitrogen and oxygen atoms in total. The summed E-state index contributed by atoms with van der Waals surface area (Å²) in [5.74, 6) is 0.643. The number of benzene rings is 2. The second kappa shape index (κ2) is 11.6. The first-order valence-electron chi connectivity index (χ1n) is 13.0. The summed E-state index contributed by atoms with van der Waals surface area (Å²) in [5.41, 5.74) is 3.33. The van der Waals surface area contributed by atoms with Gasteiger partial charge >= 0.3 is 0 Å². The van der Waals surface area contributed by atoms with E-state index in [9.17, 15) is 9.59 Å². The van der Waals surface area contributed by atoms with Gasteiger partial charge < -0.3 is 19.4 Å². The Kier molecular flexibility index (Phi) is 8.32. The SMILES string of the molecule is CCCCN1C(=O)CCC(C(=O)N(C)Cc2ccccc2N2CCCC2)C1c1ccccc1OC. The summed E-state index contributed by atoms with van der Waals surface area (Å²) < 4.78 is 5.68. The van der Waals surface area contributed by atoms with Crippen molar-refractivity contribution in [3.63, 3.8) is 0 Å². The second-order valence-corrected chi connectivity index (χ2v) is 9.79. The lowest BCUT2D eigenvalue weighted by Gasteiger charge is -2.42. The molecule has 4 rings (SSSR count). The van der Waals surface area contributed by atoms with Crippen LogP contribution in [-0.4, -0.2) is 55.4 Å². The van der Waals surface area contributed by atoms with Gasteiger partial charge in [-0.15, -0.1) is 0 Å². The van der Waals surface area contributed by atoms with Crippen LogP contribution in [-0.2, 0) is 16.1 Å². The Morgan fingerprint density at radius 1 is 1.09 bits per heavy atom. The van der Waals surface area contributed by atoms with Crippen molar-refractivity contribution in [2.45, 2.75) is 58.0 Å². The molecule has 188 valence electrons. The van der Waals surface area contributed by atoms with Gasteiger partial charge in [-0.05, 0) is 43.4 Å². The van der Waals surface area contributed by atoms with Gasteiger partial charge in [-0.1, -0.05) is 49.7 Å². The van der Waals surface area contributed by atoms with Gasteiger partial charge in [0.05, 0.1) is 19.1 Å². The van der Waals surface area contributed by atoms with E-state index in [2.05, 4.69) is 36.1 Å². The lowest BCUT2D eigenvalue weighted by atomic mass is 9.82. The van der Waals surface area contributed by atoms with Crippen LogP contribution in [0.3, 0.4) is 0 Å². The predicted octanol–water partition coefficient (Wildman–Crippen LogP) is 5.03. The minimum Gasteiger partial charge on any atom is -0.496 e. The first-order valence-corrected chi connectivity index (χ1v) is 13.0. The van der Waals surface area contributed by atoms with E-state index in [1.165, 1.54) is 24.1 Å². The van der Waals surface area contributed by atoms with Crippen molar-refractivity contribution in [3.8, 4) is 5.75 Å². The number of unbranched alkanes of at least 4 members (excludes halogenated alkanes) is 1. The molecule has 2 aliphatic heterocycles. The van der Waals surface area contributed by atoms with Crippen LogP contribution in [0.4, 0.5) is 5.69 Å². The van der Waals surface area contributed by atoms with Crippen LogP contribution in [0.25, 0.3) is 0 Å². The summed E-state index contributed by atoms with van der Waals surface area (Å²) in [6.45, 7) is 5.48. The fraction of sp³-hybridized carbons (Fsp3) is 0.517. The number of para-hydroxylation sites is 2. The zero-order valence-electron chi connectivity index (χ0n) is 21.4. The van der Waals surface area contributed by atoms with Crippen LogP contribution in [0, 0.1) is 5.92 Å². The van der Waals surface area contributed by atoms with Gasteiger partial charge in [0.25, 0.3) is 0 Å². The highest BCUT2D eigenvalue weighted by Gasteiger charge is 2.42. The van der Waals surface area contributed by atoms with Crippen molar-refractivity contribution in [2.24, 2.45) is 5.92 Å². The third kappa shape index (κ3) is 5.47. The van der Waals surface area contributed by atoms with Gasteiger partial charge in [0.1, 0.15) is 5.75 Å². The lowest BCUT2D eigenvalue weighted by Crippen LogP contribution is -2.48. The molecule has 2 amide bonds. The van der Waals surface area contributed by atoms with E-state index in [0.717, 1.165) is 37.2 Å². The Labute approximate surface area is 209 Å². The molecule has 6 heteroatoms. The highest BCUT2D eigenvalue weighted by atomic mass is 16.5. The molecule has 0 spiro atoms. The largest absolute Gasteiger partial charge is 0.496 e. The number of carbonyl (C=O) groups is 2. The van der Waals surface area contributed by atoms with Gasteiger partial charge in [-0.2, -0.15) is 0 Å². The fourth-order valence-corrected chi connectivity index (χ4v) is 5.63. The monoisotopic (exact) mass is 477 g/mol. The van der Waals surface area contributed by atoms with Crippen molar-refractivity contribution in [1.29, 1.82) is 0 Å². The number of methoxy groups -OCH3 is 1. The number of nitrogens with zero attached hydrogens (tertiary/aromatic N) is 3. The summed E-state index contributed by atoms with van der Waals surface area (Å²) in [5, 5.41) is 0. The molecule has 2 aromatic carbocycles. The van der Waals surface area contributed by atoms with Crippen LogP contribution in [0.15, 0.2) is 48.5 Å². The molecule has 2 fully saturated rings. The molecule has 0 N–H and O–H groups in total. The maximum atomic E-state index is 14.0. The molecule has 2 unspecified atom stereocenters. The average Bonchev–Trinajstić information content (AvgIpc) is 3.42. The van der Waals surface area contributed by atoms with E-state index in [1.54, 1.807) is 7.11 Å². The van der Waals surface area contributed by atoms with Crippen LogP contribution in [0.5, 0.6) is 5.75 Å². The normalized spacial score (nSPS) is 20.3. The molecule has 2 saturated heterocycles. The second-order valence-electron chi connectivity index (χ2n) is 9.79. The third-order valence-corrected chi connectivity index (χ3v) is 7.46. The first kappa shape index (κ1) is 25.1. The number of hydrogen-bond acceptors (Lipinski definition) is 4. The average molecular weight is 478 g/mol. The number of amides is 2. The Balaban J connectivity index is 1.62. The number of carbonyl (C=O) groups excluding carboxylic acids is 2. The third-order valence-electron chi connectivity index (χ3n) is 7.46. The van der Waals surface area contributed by atoms with Crippen LogP contribution in [0.1, 0.15) is 62.6 Å². The highest BCUT2D eigenvalue weighted by molar-refractivity contribution is 5.85. The minimum absolute atomic E-state index is 0.0890. The van der Waals surface area contributed by atoms with Gasteiger partial charge in [-0.25, -0.2) is 0 Å². The Morgan fingerprint density at radius 3 is 2.54 bits per heavy atom. The van der Waals surface area contributed by atoms with E-state index in [0.29, 0.717) is 25.9 Å². The molecule has 0 bridgehead atoms. The van der Waals surface area contributed by atoms with E-state index >= 15 is 0 Å². The number of anilines is 1. The molecular formula is C29H39N3O3. The smallest absolute Gasteiger partial charge is 0.228 e. The Hall–Kier alpha value is -3.02. The number of ether oxygens (including phenoxy) is 1. The summed E-state index contributed by atoms with van der Waals surface area (Å²) >= 11 is 0. The first-order chi connectivity index (χ1) is 17.0. The topological polar surface area (TPSA) is 53.1 Å². The molecule has 0 aromatic heterocycles. The zero-order chi connectivity index (χ0) is 24.8. The number of hydrogen-bond donors (Lipinski definition) is 0. The molecule has 2 aromatic rings. The van der Waals surface area contributed by atoms with Gasteiger partial charge in [-0.3, -0.25) is 9.59 Å². The lowest BCUT2D eigenvalue weighted by molar-refractivity contribution is -0.147. The molecule has 0 saturated carbocycles. The van der Waals surface area contributed by atoms with Crippen molar-refractivity contribution in [1.82, 2.24) is 9.80 Å². The van der Waals surface area contributed by atoms with E-state index in [-0.39, 0.29) is 23.8 Å². The Bertz CT molecular complexity index is 1020. The van der Waals surface area contributed by atoms with Gasteiger partial charge in [0.15, 0.2) is 0 Å². The summed E-state index contributed by atoms with van der Waals surface area (Å²) in [4.78, 5) is 33.3. The maximum absolute atomic E-state index is 14.0. The molecule has 2 atom stereocenters. The van der Waals surface area contributed by atoms with Crippen LogP contribution in [0.2, 0.25) is 0 Å². The van der Waals surface area contributed by atoms with Crippen molar-refractivity contribution < 1.29 is 14.3 Å². The van der Waals surface area contributed by atoms with Gasteiger partial charge in [0, 0.05) is 50.9 Å². The maximum Gasteiger partial charge on any atom is 0.228 e.